The number of rotatable bonds is 4. The van der Waals surface area contributed by atoms with Gasteiger partial charge in [0.2, 0.25) is 11.8 Å². The van der Waals surface area contributed by atoms with E-state index in [2.05, 4.69) is 26.5 Å². The van der Waals surface area contributed by atoms with E-state index in [-0.39, 0.29) is 6.04 Å². The number of nitriles is 1. The van der Waals surface area contributed by atoms with Gasteiger partial charge >= 0.3 is 0 Å². The Hall–Kier alpha value is -3.01. The van der Waals surface area contributed by atoms with Crippen molar-refractivity contribution in [1.82, 2.24) is 25.0 Å². The molecule has 0 saturated heterocycles. The third-order valence-corrected chi connectivity index (χ3v) is 3.65. The highest BCUT2D eigenvalue weighted by Gasteiger charge is 2.22. The standard InChI is InChI=1S/C16H16N6O/c1-4-14-19-21-16(23-14)10(2)22-11(3)18-20-15(22)13-7-5-6-12(8-13)9-17/h5-8,10H,4H2,1-3H3/t10-/m1/s1. The van der Waals surface area contributed by atoms with Gasteiger partial charge in [-0.05, 0) is 26.0 Å². The smallest absolute Gasteiger partial charge is 0.239 e. The molecule has 0 fully saturated rings. The molecule has 0 aliphatic heterocycles. The molecule has 7 nitrogen and oxygen atoms in total. The van der Waals surface area contributed by atoms with Crippen LogP contribution in [0.25, 0.3) is 11.4 Å². The molecule has 23 heavy (non-hydrogen) atoms. The molecule has 2 aromatic heterocycles. The Morgan fingerprint density at radius 3 is 2.78 bits per heavy atom. The van der Waals surface area contributed by atoms with Gasteiger partial charge in [0.15, 0.2) is 5.82 Å². The van der Waals surface area contributed by atoms with Crippen molar-refractivity contribution in [2.24, 2.45) is 0 Å². The Kier molecular flexibility index (Phi) is 3.89. The quantitative estimate of drug-likeness (QED) is 0.735. The zero-order chi connectivity index (χ0) is 16.4. The average Bonchev–Trinajstić information content (AvgIpc) is 3.21. The number of hydrogen-bond acceptors (Lipinski definition) is 6. The zero-order valence-corrected chi connectivity index (χ0v) is 13.2. The van der Waals surface area contributed by atoms with Gasteiger partial charge in [-0.25, -0.2) is 0 Å². The summed E-state index contributed by atoms with van der Waals surface area (Å²) < 4.78 is 7.59. The van der Waals surface area contributed by atoms with Crippen molar-refractivity contribution in [3.63, 3.8) is 0 Å². The number of aryl methyl sites for hydroxylation is 2. The van der Waals surface area contributed by atoms with E-state index in [4.69, 9.17) is 9.68 Å². The molecule has 7 heteroatoms. The summed E-state index contributed by atoms with van der Waals surface area (Å²) in [6, 6.07) is 9.22. The minimum atomic E-state index is -0.196. The molecule has 0 spiro atoms. The monoisotopic (exact) mass is 308 g/mol. The van der Waals surface area contributed by atoms with Crippen LogP contribution in [0.3, 0.4) is 0 Å². The van der Waals surface area contributed by atoms with Gasteiger partial charge in [-0.15, -0.1) is 20.4 Å². The highest BCUT2D eigenvalue weighted by Crippen LogP contribution is 2.26. The lowest BCUT2D eigenvalue weighted by atomic mass is 10.1. The van der Waals surface area contributed by atoms with E-state index in [9.17, 15) is 0 Å². The lowest BCUT2D eigenvalue weighted by Gasteiger charge is -2.13. The zero-order valence-electron chi connectivity index (χ0n) is 13.2. The summed E-state index contributed by atoms with van der Waals surface area (Å²) in [5, 5.41) is 25.6. The lowest BCUT2D eigenvalue weighted by molar-refractivity contribution is 0.403. The van der Waals surface area contributed by atoms with Crippen LogP contribution in [0.4, 0.5) is 0 Å². The highest BCUT2D eigenvalue weighted by atomic mass is 16.4. The second-order valence-corrected chi connectivity index (χ2v) is 5.20. The minimum absolute atomic E-state index is 0.196. The van der Waals surface area contributed by atoms with Crippen LogP contribution in [0, 0.1) is 18.3 Å². The fourth-order valence-electron chi connectivity index (χ4n) is 2.45. The molecule has 2 heterocycles. The Balaban J connectivity index is 2.06. The fourth-order valence-corrected chi connectivity index (χ4v) is 2.45. The van der Waals surface area contributed by atoms with Gasteiger partial charge in [-0.1, -0.05) is 19.1 Å². The number of hydrogen-bond donors (Lipinski definition) is 0. The Labute approximate surface area is 133 Å². The van der Waals surface area contributed by atoms with Crippen LogP contribution >= 0.6 is 0 Å². The van der Waals surface area contributed by atoms with Gasteiger partial charge in [0.05, 0.1) is 11.6 Å². The third kappa shape index (κ3) is 2.71. The summed E-state index contributed by atoms with van der Waals surface area (Å²) in [4.78, 5) is 0. The summed E-state index contributed by atoms with van der Waals surface area (Å²) in [6.45, 7) is 5.80. The summed E-state index contributed by atoms with van der Waals surface area (Å²) in [7, 11) is 0. The highest BCUT2D eigenvalue weighted by molar-refractivity contribution is 5.58. The molecular weight excluding hydrogens is 292 g/mol. The van der Waals surface area contributed by atoms with Crippen molar-refractivity contribution in [2.75, 3.05) is 0 Å². The summed E-state index contributed by atoms with van der Waals surface area (Å²) in [5.41, 5.74) is 1.40. The van der Waals surface area contributed by atoms with E-state index in [1.807, 2.05) is 37.5 Å². The molecule has 0 aliphatic rings. The molecule has 0 unspecified atom stereocenters. The van der Waals surface area contributed by atoms with Crippen LogP contribution < -0.4 is 0 Å². The number of aromatic nitrogens is 5. The maximum absolute atomic E-state index is 9.07. The van der Waals surface area contributed by atoms with Crippen LogP contribution in [0.15, 0.2) is 28.7 Å². The largest absolute Gasteiger partial charge is 0.423 e. The predicted octanol–water partition coefficient (Wildman–Crippen LogP) is 2.68. The van der Waals surface area contributed by atoms with Crippen molar-refractivity contribution in [2.45, 2.75) is 33.2 Å². The van der Waals surface area contributed by atoms with Gasteiger partial charge in [-0.3, -0.25) is 4.57 Å². The topological polar surface area (TPSA) is 93.4 Å². The molecule has 0 bridgehead atoms. The SMILES string of the molecule is CCc1nnc([C@@H](C)n2c(C)nnc2-c2cccc(C#N)c2)o1. The van der Waals surface area contributed by atoms with Crippen LogP contribution in [0.5, 0.6) is 0 Å². The first kappa shape index (κ1) is 14.9. The molecule has 0 saturated carbocycles. The lowest BCUT2D eigenvalue weighted by Crippen LogP contribution is -2.11. The summed E-state index contributed by atoms with van der Waals surface area (Å²) >= 11 is 0. The van der Waals surface area contributed by atoms with Crippen molar-refractivity contribution in [3.8, 4) is 17.5 Å². The fraction of sp³-hybridized carbons (Fsp3) is 0.312. The maximum Gasteiger partial charge on any atom is 0.239 e. The molecule has 3 aromatic rings. The van der Waals surface area contributed by atoms with Crippen LogP contribution in [0.2, 0.25) is 0 Å². The van der Waals surface area contributed by atoms with Crippen LogP contribution in [-0.4, -0.2) is 25.0 Å². The van der Waals surface area contributed by atoms with Crippen molar-refractivity contribution < 1.29 is 4.42 Å². The molecular formula is C16H16N6O. The first-order chi connectivity index (χ1) is 11.1. The van der Waals surface area contributed by atoms with Gasteiger partial charge in [-0.2, -0.15) is 5.26 Å². The van der Waals surface area contributed by atoms with Crippen LogP contribution in [0.1, 0.15) is 43.1 Å². The third-order valence-electron chi connectivity index (χ3n) is 3.65. The number of benzene rings is 1. The van der Waals surface area contributed by atoms with E-state index >= 15 is 0 Å². The van der Waals surface area contributed by atoms with E-state index in [1.54, 1.807) is 12.1 Å². The molecule has 0 aliphatic carbocycles. The Morgan fingerprint density at radius 1 is 1.26 bits per heavy atom. The van der Waals surface area contributed by atoms with Crippen molar-refractivity contribution in [3.05, 3.63) is 47.4 Å². The van der Waals surface area contributed by atoms with Gasteiger partial charge < -0.3 is 4.42 Å². The van der Waals surface area contributed by atoms with E-state index < -0.39 is 0 Å². The molecule has 3 rings (SSSR count). The second-order valence-electron chi connectivity index (χ2n) is 5.20. The first-order valence-electron chi connectivity index (χ1n) is 7.38. The second kappa shape index (κ2) is 6.01. The molecule has 1 atom stereocenters. The maximum atomic E-state index is 9.07. The molecule has 0 radical (unpaired) electrons. The average molecular weight is 308 g/mol. The molecule has 0 N–H and O–H groups in total. The van der Waals surface area contributed by atoms with Gasteiger partial charge in [0, 0.05) is 12.0 Å². The van der Waals surface area contributed by atoms with E-state index in [0.717, 1.165) is 11.4 Å². The van der Waals surface area contributed by atoms with Gasteiger partial charge in [0.1, 0.15) is 11.9 Å². The summed E-state index contributed by atoms with van der Waals surface area (Å²) in [6.07, 6.45) is 0.692. The normalized spacial score (nSPS) is 12.1. The molecule has 1 aromatic carbocycles. The minimum Gasteiger partial charge on any atom is -0.423 e. The van der Waals surface area contributed by atoms with E-state index in [1.165, 1.54) is 0 Å². The van der Waals surface area contributed by atoms with Crippen LogP contribution in [-0.2, 0) is 6.42 Å². The first-order valence-corrected chi connectivity index (χ1v) is 7.38. The summed E-state index contributed by atoms with van der Waals surface area (Å²) in [5.74, 6) is 2.53. The van der Waals surface area contributed by atoms with Crippen molar-refractivity contribution in [1.29, 1.82) is 5.26 Å². The predicted molar refractivity (Wildman–Crippen MR) is 82.4 cm³/mol. The molecule has 0 amide bonds. The van der Waals surface area contributed by atoms with Gasteiger partial charge in [0.25, 0.3) is 0 Å². The van der Waals surface area contributed by atoms with Crippen molar-refractivity contribution >= 4 is 0 Å². The number of nitrogens with zero attached hydrogens (tertiary/aromatic N) is 6. The Bertz CT molecular complexity index is 873. The Morgan fingerprint density at radius 2 is 2.09 bits per heavy atom. The van der Waals surface area contributed by atoms with E-state index in [0.29, 0.717) is 29.6 Å². The molecule has 116 valence electrons.